The first kappa shape index (κ1) is 12.5. The lowest BCUT2D eigenvalue weighted by molar-refractivity contribution is 0.103. The van der Waals surface area contributed by atoms with Crippen molar-refractivity contribution in [2.45, 2.75) is 25.0 Å². The highest BCUT2D eigenvalue weighted by Gasteiger charge is 2.04. The number of thioether (sulfide) groups is 1. The van der Waals surface area contributed by atoms with Crippen LogP contribution in [0.1, 0.15) is 19.2 Å². The lowest BCUT2D eigenvalue weighted by Crippen LogP contribution is -2.02. The van der Waals surface area contributed by atoms with Gasteiger partial charge in [0.2, 0.25) is 5.89 Å². The molecule has 0 saturated carbocycles. The maximum atomic E-state index is 8.47. The Hall–Kier alpha value is -0.590. The molecule has 0 atom stereocenters. The van der Waals surface area contributed by atoms with Crippen LogP contribution < -0.4 is 0 Å². The summed E-state index contributed by atoms with van der Waals surface area (Å²) in [7, 11) is 0. The van der Waals surface area contributed by atoms with E-state index < -0.39 is 0 Å². The van der Waals surface area contributed by atoms with Crippen molar-refractivity contribution in [1.29, 1.82) is 0 Å². The van der Waals surface area contributed by atoms with Crippen molar-refractivity contribution in [3.05, 3.63) is 5.89 Å². The monoisotopic (exact) mass is 232 g/mol. The number of aromatic nitrogens is 2. The van der Waals surface area contributed by atoms with E-state index in [1.54, 1.807) is 0 Å². The number of rotatable bonds is 8. The Morgan fingerprint density at radius 1 is 1.40 bits per heavy atom. The van der Waals surface area contributed by atoms with Crippen LogP contribution in [0.5, 0.6) is 0 Å². The van der Waals surface area contributed by atoms with Gasteiger partial charge >= 0.3 is 0 Å². The van der Waals surface area contributed by atoms with Gasteiger partial charge in [0.15, 0.2) is 0 Å². The molecule has 1 rings (SSSR count). The Kier molecular flexibility index (Phi) is 6.38. The molecule has 86 valence electrons. The Bertz CT molecular complexity index is 268. The van der Waals surface area contributed by atoms with Gasteiger partial charge < -0.3 is 14.3 Å². The molecule has 0 radical (unpaired) electrons. The number of ether oxygens (including phenoxy) is 1. The summed E-state index contributed by atoms with van der Waals surface area (Å²) in [6.07, 6.45) is 1.83. The third-order valence-electron chi connectivity index (χ3n) is 1.60. The Balaban J connectivity index is 2.14. The fraction of sp³-hybridized carbons (Fsp3) is 0.778. The fourth-order valence-corrected chi connectivity index (χ4v) is 1.60. The zero-order valence-electron chi connectivity index (χ0n) is 8.81. The third kappa shape index (κ3) is 5.15. The maximum absolute atomic E-state index is 8.47. The van der Waals surface area contributed by atoms with Gasteiger partial charge in [-0.05, 0) is 6.42 Å². The Morgan fingerprint density at radius 2 is 2.27 bits per heavy atom. The van der Waals surface area contributed by atoms with E-state index in [0.717, 1.165) is 18.6 Å². The SMILES string of the molecule is CCCc1nnc(SCCOCCO)o1. The lowest BCUT2D eigenvalue weighted by atomic mass is 10.3. The quantitative estimate of drug-likeness (QED) is 0.535. The minimum atomic E-state index is 0.0614. The van der Waals surface area contributed by atoms with Gasteiger partial charge in [0.25, 0.3) is 5.22 Å². The van der Waals surface area contributed by atoms with E-state index in [1.807, 2.05) is 0 Å². The number of aryl methyl sites for hydroxylation is 1. The predicted octanol–water partition coefficient (Wildman–Crippen LogP) is 1.12. The second kappa shape index (κ2) is 7.67. The summed E-state index contributed by atoms with van der Waals surface area (Å²) in [5.74, 6) is 1.45. The molecule has 1 N–H and O–H groups in total. The minimum absolute atomic E-state index is 0.0614. The summed E-state index contributed by atoms with van der Waals surface area (Å²) in [5, 5.41) is 16.9. The summed E-state index contributed by atoms with van der Waals surface area (Å²) in [4.78, 5) is 0. The van der Waals surface area contributed by atoms with Crippen LogP contribution in [0, 0.1) is 0 Å². The van der Waals surface area contributed by atoms with Crippen LogP contribution in [0.3, 0.4) is 0 Å². The van der Waals surface area contributed by atoms with Gasteiger partial charge in [-0.3, -0.25) is 0 Å². The zero-order valence-corrected chi connectivity index (χ0v) is 9.63. The zero-order chi connectivity index (χ0) is 10.9. The first-order valence-corrected chi connectivity index (χ1v) is 5.99. The van der Waals surface area contributed by atoms with Crippen molar-refractivity contribution >= 4 is 11.8 Å². The lowest BCUT2D eigenvalue weighted by Gasteiger charge is -1.98. The van der Waals surface area contributed by atoms with Crippen molar-refractivity contribution < 1.29 is 14.3 Å². The normalized spacial score (nSPS) is 10.8. The molecule has 5 nitrogen and oxygen atoms in total. The third-order valence-corrected chi connectivity index (χ3v) is 2.38. The van der Waals surface area contributed by atoms with Gasteiger partial charge in [0.1, 0.15) is 0 Å². The van der Waals surface area contributed by atoms with Crippen molar-refractivity contribution in [2.24, 2.45) is 0 Å². The molecule has 0 unspecified atom stereocenters. The number of aliphatic hydroxyl groups excluding tert-OH is 1. The summed E-state index contributed by atoms with van der Waals surface area (Å²) >= 11 is 1.47. The maximum Gasteiger partial charge on any atom is 0.276 e. The fourth-order valence-electron chi connectivity index (χ4n) is 0.966. The van der Waals surface area contributed by atoms with Gasteiger partial charge in [-0.25, -0.2) is 0 Å². The Labute approximate surface area is 93.2 Å². The van der Waals surface area contributed by atoms with Crippen LogP contribution in [-0.4, -0.2) is 40.9 Å². The highest BCUT2D eigenvalue weighted by atomic mass is 32.2. The molecule has 0 spiro atoms. The first-order valence-electron chi connectivity index (χ1n) is 5.00. The highest BCUT2D eigenvalue weighted by Crippen LogP contribution is 2.16. The highest BCUT2D eigenvalue weighted by molar-refractivity contribution is 7.99. The van der Waals surface area contributed by atoms with E-state index >= 15 is 0 Å². The largest absolute Gasteiger partial charge is 0.416 e. The predicted molar refractivity (Wildman–Crippen MR) is 56.9 cm³/mol. The van der Waals surface area contributed by atoms with E-state index in [9.17, 15) is 0 Å². The number of nitrogens with zero attached hydrogens (tertiary/aromatic N) is 2. The van der Waals surface area contributed by atoms with Crippen LogP contribution in [0.25, 0.3) is 0 Å². The van der Waals surface area contributed by atoms with E-state index in [1.165, 1.54) is 11.8 Å². The molecule has 15 heavy (non-hydrogen) atoms. The molecule has 6 heteroatoms. The molecule has 1 heterocycles. The molecule has 1 aromatic heterocycles. The van der Waals surface area contributed by atoms with Crippen molar-refractivity contribution in [3.8, 4) is 0 Å². The molecule has 0 fully saturated rings. The molecule has 0 aromatic carbocycles. The Morgan fingerprint density at radius 3 is 3.00 bits per heavy atom. The van der Waals surface area contributed by atoms with E-state index in [-0.39, 0.29) is 6.61 Å². The van der Waals surface area contributed by atoms with Crippen LogP contribution >= 0.6 is 11.8 Å². The number of hydrogen-bond acceptors (Lipinski definition) is 6. The van der Waals surface area contributed by atoms with Crippen molar-refractivity contribution in [2.75, 3.05) is 25.6 Å². The van der Waals surface area contributed by atoms with Gasteiger partial charge in [0.05, 0.1) is 19.8 Å². The molecule has 0 aliphatic rings. The van der Waals surface area contributed by atoms with Gasteiger partial charge in [-0.1, -0.05) is 18.7 Å². The first-order chi connectivity index (χ1) is 7.36. The smallest absolute Gasteiger partial charge is 0.276 e. The van der Waals surface area contributed by atoms with Crippen molar-refractivity contribution in [1.82, 2.24) is 10.2 Å². The molecule has 0 saturated heterocycles. The molecular weight excluding hydrogens is 216 g/mol. The second-order valence-corrected chi connectivity index (χ2v) is 3.94. The molecule has 0 aliphatic heterocycles. The van der Waals surface area contributed by atoms with Crippen LogP contribution in [0.15, 0.2) is 9.64 Å². The summed E-state index contributed by atoms with van der Waals surface area (Å²) < 4.78 is 10.5. The molecule has 0 amide bonds. The summed E-state index contributed by atoms with van der Waals surface area (Å²) in [5.41, 5.74) is 0. The van der Waals surface area contributed by atoms with Gasteiger partial charge in [-0.15, -0.1) is 10.2 Å². The van der Waals surface area contributed by atoms with Gasteiger partial charge in [0, 0.05) is 12.2 Å². The molecule has 0 aliphatic carbocycles. The van der Waals surface area contributed by atoms with E-state index in [2.05, 4.69) is 17.1 Å². The summed E-state index contributed by atoms with van der Waals surface area (Å²) in [6.45, 7) is 3.09. The minimum Gasteiger partial charge on any atom is -0.416 e. The summed E-state index contributed by atoms with van der Waals surface area (Å²) in [6, 6.07) is 0. The number of aliphatic hydroxyl groups is 1. The van der Waals surface area contributed by atoms with Crippen LogP contribution in [0.2, 0.25) is 0 Å². The van der Waals surface area contributed by atoms with Crippen molar-refractivity contribution in [3.63, 3.8) is 0 Å². The van der Waals surface area contributed by atoms with E-state index in [0.29, 0.717) is 24.3 Å². The average molecular weight is 232 g/mol. The van der Waals surface area contributed by atoms with Crippen LogP contribution in [0.4, 0.5) is 0 Å². The molecular formula is C9H16N2O3S. The topological polar surface area (TPSA) is 68.4 Å². The second-order valence-electron chi connectivity index (χ2n) is 2.90. The standard InChI is InChI=1S/C9H16N2O3S/c1-2-3-8-10-11-9(14-8)15-7-6-13-5-4-12/h12H,2-7H2,1H3. The average Bonchev–Trinajstić information content (AvgIpc) is 2.66. The van der Waals surface area contributed by atoms with Crippen LogP contribution in [-0.2, 0) is 11.2 Å². The number of hydrogen-bond donors (Lipinski definition) is 1. The van der Waals surface area contributed by atoms with Gasteiger partial charge in [-0.2, -0.15) is 0 Å². The molecule has 0 bridgehead atoms. The molecule has 1 aromatic rings. The van der Waals surface area contributed by atoms with E-state index in [4.69, 9.17) is 14.3 Å².